The summed E-state index contributed by atoms with van der Waals surface area (Å²) in [6.07, 6.45) is 0. The fourth-order valence-corrected chi connectivity index (χ4v) is 2.29. The number of hydrogen-bond donors (Lipinski definition) is 1. The van der Waals surface area contributed by atoms with Crippen LogP contribution < -0.4 is 14.8 Å². The van der Waals surface area contributed by atoms with Gasteiger partial charge in [0.05, 0.1) is 25.8 Å². The first kappa shape index (κ1) is 19.2. The monoisotopic (exact) mass is 361 g/mol. The molecule has 0 aromatic heterocycles. The number of ether oxygens (including phenoxy) is 3. The first-order valence-corrected chi connectivity index (χ1v) is 7.88. The Bertz CT molecular complexity index is 793. The van der Waals surface area contributed by atoms with Gasteiger partial charge in [-0.1, -0.05) is 12.1 Å². The molecule has 0 aliphatic carbocycles. The second-order valence-electron chi connectivity index (χ2n) is 5.49. The van der Waals surface area contributed by atoms with Crippen molar-refractivity contribution in [3.8, 4) is 11.5 Å². The highest BCUT2D eigenvalue weighted by atomic mass is 19.1. The molecule has 0 bridgehead atoms. The second-order valence-corrected chi connectivity index (χ2v) is 5.49. The van der Waals surface area contributed by atoms with Gasteiger partial charge in [0.25, 0.3) is 5.91 Å². The normalized spacial score (nSPS) is 11.4. The van der Waals surface area contributed by atoms with Crippen LogP contribution in [-0.4, -0.2) is 32.7 Å². The summed E-state index contributed by atoms with van der Waals surface area (Å²) in [6.45, 7) is 1.33. The molecule has 0 spiro atoms. The Morgan fingerprint density at radius 2 is 1.88 bits per heavy atom. The topological polar surface area (TPSA) is 73.9 Å². The zero-order chi connectivity index (χ0) is 19.1. The minimum atomic E-state index is -0.796. The van der Waals surface area contributed by atoms with Crippen LogP contribution in [-0.2, 0) is 9.53 Å². The van der Waals surface area contributed by atoms with Crippen molar-refractivity contribution in [2.24, 2.45) is 0 Å². The Kier molecular flexibility index (Phi) is 6.54. The van der Waals surface area contributed by atoms with Gasteiger partial charge in [0.1, 0.15) is 5.75 Å². The lowest BCUT2D eigenvalue weighted by Gasteiger charge is -2.15. The molecule has 6 nitrogen and oxygen atoms in total. The van der Waals surface area contributed by atoms with Gasteiger partial charge in [-0.2, -0.15) is 0 Å². The summed E-state index contributed by atoms with van der Waals surface area (Å²) in [5.74, 6) is -1.25. The molecule has 0 saturated carbocycles. The average molecular weight is 361 g/mol. The van der Waals surface area contributed by atoms with E-state index in [1.165, 1.54) is 19.2 Å². The summed E-state index contributed by atoms with van der Waals surface area (Å²) in [5, 5.41) is 2.72. The van der Waals surface area contributed by atoms with E-state index in [9.17, 15) is 14.0 Å². The predicted octanol–water partition coefficient (Wildman–Crippen LogP) is 2.88. The molecule has 2 aromatic carbocycles. The number of amides is 1. The van der Waals surface area contributed by atoms with Crippen molar-refractivity contribution >= 4 is 11.9 Å². The Morgan fingerprint density at radius 1 is 1.12 bits per heavy atom. The van der Waals surface area contributed by atoms with E-state index in [2.05, 4.69) is 5.32 Å². The van der Waals surface area contributed by atoms with Crippen LogP contribution >= 0.6 is 0 Å². The zero-order valence-electron chi connectivity index (χ0n) is 14.7. The summed E-state index contributed by atoms with van der Waals surface area (Å²) >= 11 is 0. The largest absolute Gasteiger partial charge is 0.497 e. The van der Waals surface area contributed by atoms with E-state index < -0.39 is 24.3 Å². The van der Waals surface area contributed by atoms with Crippen LogP contribution in [0.5, 0.6) is 11.5 Å². The van der Waals surface area contributed by atoms with Crippen molar-refractivity contribution in [1.29, 1.82) is 0 Å². The predicted molar refractivity (Wildman–Crippen MR) is 92.8 cm³/mol. The van der Waals surface area contributed by atoms with E-state index in [1.807, 2.05) is 12.1 Å². The summed E-state index contributed by atoms with van der Waals surface area (Å²) < 4.78 is 28.4. The number of carbonyl (C=O) groups excluding carboxylic acids is 2. The molecular formula is C19H20FNO5. The summed E-state index contributed by atoms with van der Waals surface area (Å²) in [4.78, 5) is 23.9. The Labute approximate surface area is 150 Å². The third-order valence-corrected chi connectivity index (χ3v) is 3.69. The molecule has 1 amide bonds. The lowest BCUT2D eigenvalue weighted by Crippen LogP contribution is -2.31. The number of nitrogens with one attached hydrogen (secondary N) is 1. The molecule has 0 heterocycles. The summed E-state index contributed by atoms with van der Waals surface area (Å²) in [7, 11) is 2.88. The van der Waals surface area contributed by atoms with Crippen LogP contribution in [0.15, 0.2) is 42.5 Å². The molecule has 0 fully saturated rings. The van der Waals surface area contributed by atoms with Crippen molar-refractivity contribution in [3.05, 3.63) is 59.4 Å². The summed E-state index contributed by atoms with van der Waals surface area (Å²) in [6, 6.07) is 10.6. The molecule has 0 radical (unpaired) electrons. The molecule has 1 N–H and O–H groups in total. The van der Waals surface area contributed by atoms with Crippen LogP contribution in [0.25, 0.3) is 0 Å². The van der Waals surface area contributed by atoms with E-state index in [4.69, 9.17) is 14.2 Å². The molecule has 7 heteroatoms. The highest BCUT2D eigenvalue weighted by Gasteiger charge is 2.15. The Hall–Kier alpha value is -3.09. The quantitative estimate of drug-likeness (QED) is 0.768. The molecule has 1 atom stereocenters. The van der Waals surface area contributed by atoms with E-state index in [0.717, 1.165) is 11.6 Å². The molecule has 0 saturated heterocycles. The first-order valence-electron chi connectivity index (χ1n) is 7.88. The fourth-order valence-electron chi connectivity index (χ4n) is 2.29. The Morgan fingerprint density at radius 3 is 2.54 bits per heavy atom. The first-order chi connectivity index (χ1) is 12.4. The molecule has 0 unspecified atom stereocenters. The van der Waals surface area contributed by atoms with Gasteiger partial charge < -0.3 is 19.5 Å². The van der Waals surface area contributed by atoms with Crippen molar-refractivity contribution in [1.82, 2.24) is 5.32 Å². The zero-order valence-corrected chi connectivity index (χ0v) is 14.7. The van der Waals surface area contributed by atoms with Gasteiger partial charge in [-0.3, -0.25) is 4.79 Å². The van der Waals surface area contributed by atoms with Gasteiger partial charge in [-0.05, 0) is 42.8 Å². The maximum Gasteiger partial charge on any atom is 0.338 e. The maximum absolute atomic E-state index is 13.6. The number of halogens is 1. The van der Waals surface area contributed by atoms with Gasteiger partial charge in [-0.15, -0.1) is 0 Å². The lowest BCUT2D eigenvalue weighted by atomic mass is 10.1. The van der Waals surface area contributed by atoms with E-state index in [0.29, 0.717) is 5.75 Å². The van der Waals surface area contributed by atoms with E-state index in [-0.39, 0.29) is 17.4 Å². The van der Waals surface area contributed by atoms with Crippen molar-refractivity contribution < 1.29 is 28.2 Å². The second kappa shape index (κ2) is 8.84. The van der Waals surface area contributed by atoms with Crippen molar-refractivity contribution in [3.63, 3.8) is 0 Å². The van der Waals surface area contributed by atoms with E-state index >= 15 is 0 Å². The van der Waals surface area contributed by atoms with Gasteiger partial charge in [-0.25, -0.2) is 9.18 Å². The van der Waals surface area contributed by atoms with Gasteiger partial charge in [0, 0.05) is 0 Å². The number of rotatable bonds is 7. The molecule has 2 aromatic rings. The molecular weight excluding hydrogens is 341 g/mol. The molecule has 0 aliphatic rings. The number of carbonyl (C=O) groups is 2. The number of benzene rings is 2. The third-order valence-electron chi connectivity index (χ3n) is 3.69. The van der Waals surface area contributed by atoms with Crippen LogP contribution in [0.1, 0.15) is 28.9 Å². The number of esters is 1. The van der Waals surface area contributed by atoms with Crippen LogP contribution in [0, 0.1) is 5.82 Å². The van der Waals surface area contributed by atoms with Gasteiger partial charge in [0.2, 0.25) is 0 Å². The van der Waals surface area contributed by atoms with Gasteiger partial charge >= 0.3 is 5.97 Å². The van der Waals surface area contributed by atoms with Gasteiger partial charge in [0.15, 0.2) is 18.2 Å². The SMILES string of the molecule is COc1cccc([C@H](C)NC(=O)COC(=O)c2ccc(OC)c(F)c2)c1. The summed E-state index contributed by atoms with van der Waals surface area (Å²) in [5.41, 5.74) is 0.846. The number of hydrogen-bond acceptors (Lipinski definition) is 5. The molecule has 26 heavy (non-hydrogen) atoms. The third kappa shape index (κ3) is 4.95. The Balaban J connectivity index is 1.89. The van der Waals surface area contributed by atoms with Crippen LogP contribution in [0.2, 0.25) is 0 Å². The van der Waals surface area contributed by atoms with E-state index in [1.54, 1.807) is 26.2 Å². The van der Waals surface area contributed by atoms with Crippen molar-refractivity contribution in [2.45, 2.75) is 13.0 Å². The molecule has 138 valence electrons. The van der Waals surface area contributed by atoms with Crippen LogP contribution in [0.3, 0.4) is 0 Å². The average Bonchev–Trinajstić information content (AvgIpc) is 2.66. The van der Waals surface area contributed by atoms with Crippen LogP contribution in [0.4, 0.5) is 4.39 Å². The standard InChI is InChI=1S/C19H20FNO5/c1-12(13-5-4-6-15(9-13)24-2)21-18(22)11-26-19(23)14-7-8-17(25-3)16(20)10-14/h4-10,12H,11H2,1-3H3,(H,21,22)/t12-/m0/s1. The number of methoxy groups -OCH3 is 2. The highest BCUT2D eigenvalue weighted by molar-refractivity contribution is 5.91. The highest BCUT2D eigenvalue weighted by Crippen LogP contribution is 2.19. The fraction of sp³-hybridized carbons (Fsp3) is 0.263. The maximum atomic E-state index is 13.6. The minimum absolute atomic E-state index is 0.00283. The van der Waals surface area contributed by atoms with Crippen molar-refractivity contribution in [2.75, 3.05) is 20.8 Å². The molecule has 0 aliphatic heterocycles. The minimum Gasteiger partial charge on any atom is -0.497 e. The smallest absolute Gasteiger partial charge is 0.338 e. The lowest BCUT2D eigenvalue weighted by molar-refractivity contribution is -0.124. The molecule has 2 rings (SSSR count).